The molecule has 5 heteroatoms. The minimum atomic E-state index is 0.216. The smallest absolute Gasteiger partial charge is 0.318 e. The molecule has 5 nitrogen and oxygen atoms in total. The number of carbonyl (C=O) groups is 1. The Morgan fingerprint density at radius 1 is 1.04 bits per heavy atom. The van der Waals surface area contributed by atoms with Crippen LogP contribution in [0.1, 0.15) is 58.3 Å². The van der Waals surface area contributed by atoms with Crippen molar-refractivity contribution >= 4 is 6.03 Å². The first-order valence-corrected chi connectivity index (χ1v) is 9.72. The van der Waals surface area contributed by atoms with E-state index in [2.05, 4.69) is 27.4 Å². The Hall–Kier alpha value is -0.810. The molecule has 2 N–H and O–H groups in total. The van der Waals surface area contributed by atoms with Crippen molar-refractivity contribution in [2.24, 2.45) is 0 Å². The van der Waals surface area contributed by atoms with Crippen molar-refractivity contribution in [1.29, 1.82) is 0 Å². The Labute approximate surface area is 140 Å². The highest BCUT2D eigenvalue weighted by Gasteiger charge is 2.45. The summed E-state index contributed by atoms with van der Waals surface area (Å²) in [6, 6.07) is 1.58. The summed E-state index contributed by atoms with van der Waals surface area (Å²) < 4.78 is 0. The Balaban J connectivity index is 1.38. The SMILES string of the molecule is CC1(N2CCC(N3C(=O)N[C@H]4CCCC[C@@H]43)CC2)CCNCC1. The maximum atomic E-state index is 12.5. The van der Waals surface area contributed by atoms with Crippen molar-refractivity contribution in [1.82, 2.24) is 20.4 Å². The van der Waals surface area contributed by atoms with Crippen molar-refractivity contribution in [2.45, 2.75) is 82.0 Å². The topological polar surface area (TPSA) is 47.6 Å². The fourth-order valence-corrected chi connectivity index (χ4v) is 5.40. The Morgan fingerprint density at radius 3 is 2.48 bits per heavy atom. The lowest BCUT2D eigenvalue weighted by molar-refractivity contribution is 0.0239. The number of piperidine rings is 2. The Morgan fingerprint density at radius 2 is 1.74 bits per heavy atom. The van der Waals surface area contributed by atoms with Crippen molar-refractivity contribution in [2.75, 3.05) is 26.2 Å². The van der Waals surface area contributed by atoms with Gasteiger partial charge < -0.3 is 15.5 Å². The molecule has 130 valence electrons. The molecule has 2 atom stereocenters. The van der Waals surface area contributed by atoms with Gasteiger partial charge in [0, 0.05) is 24.7 Å². The minimum Gasteiger partial charge on any atom is -0.333 e. The summed E-state index contributed by atoms with van der Waals surface area (Å²) in [5, 5.41) is 6.73. The van der Waals surface area contributed by atoms with E-state index >= 15 is 0 Å². The molecule has 0 bridgehead atoms. The highest BCUT2D eigenvalue weighted by atomic mass is 16.2. The molecule has 0 aromatic carbocycles. The summed E-state index contributed by atoms with van der Waals surface area (Å²) in [4.78, 5) is 17.4. The molecule has 0 unspecified atom stereocenters. The molecule has 0 spiro atoms. The van der Waals surface area contributed by atoms with Gasteiger partial charge in [-0.1, -0.05) is 12.8 Å². The maximum Gasteiger partial charge on any atom is 0.318 e. The molecule has 23 heavy (non-hydrogen) atoms. The molecule has 2 amide bonds. The quantitative estimate of drug-likeness (QED) is 0.817. The summed E-state index contributed by atoms with van der Waals surface area (Å²) in [6.07, 6.45) is 9.76. The van der Waals surface area contributed by atoms with E-state index in [4.69, 9.17) is 0 Å². The van der Waals surface area contributed by atoms with E-state index < -0.39 is 0 Å². The highest BCUT2D eigenvalue weighted by molar-refractivity contribution is 5.78. The molecular weight excluding hydrogens is 288 g/mol. The Kier molecular flexibility index (Phi) is 4.26. The van der Waals surface area contributed by atoms with Gasteiger partial charge >= 0.3 is 6.03 Å². The number of hydrogen-bond donors (Lipinski definition) is 2. The summed E-state index contributed by atoms with van der Waals surface area (Å²) in [5.74, 6) is 0. The summed E-state index contributed by atoms with van der Waals surface area (Å²) in [7, 11) is 0. The average Bonchev–Trinajstić information content (AvgIpc) is 2.91. The van der Waals surface area contributed by atoms with Crippen LogP contribution in [0, 0.1) is 0 Å². The normalized spacial score (nSPS) is 35.9. The van der Waals surface area contributed by atoms with Gasteiger partial charge in [-0.15, -0.1) is 0 Å². The number of rotatable bonds is 2. The molecule has 4 rings (SSSR count). The predicted octanol–water partition coefficient (Wildman–Crippen LogP) is 1.93. The lowest BCUT2D eigenvalue weighted by atomic mass is 9.85. The zero-order chi connectivity index (χ0) is 15.9. The highest BCUT2D eigenvalue weighted by Crippen LogP contribution is 2.34. The minimum absolute atomic E-state index is 0.216. The van der Waals surface area contributed by atoms with Crippen LogP contribution in [0.15, 0.2) is 0 Å². The average molecular weight is 320 g/mol. The van der Waals surface area contributed by atoms with E-state index in [0.29, 0.717) is 23.7 Å². The van der Waals surface area contributed by atoms with Gasteiger partial charge in [0.25, 0.3) is 0 Å². The molecular formula is C18H32N4O. The van der Waals surface area contributed by atoms with Crippen LogP contribution in [-0.2, 0) is 0 Å². The summed E-state index contributed by atoms with van der Waals surface area (Å²) in [6.45, 7) is 7.04. The van der Waals surface area contributed by atoms with Gasteiger partial charge in [-0.3, -0.25) is 4.90 Å². The number of amides is 2. The second-order valence-corrected chi connectivity index (χ2v) is 8.28. The van der Waals surface area contributed by atoms with Gasteiger partial charge in [-0.05, 0) is 58.5 Å². The van der Waals surface area contributed by atoms with E-state index in [9.17, 15) is 4.79 Å². The van der Waals surface area contributed by atoms with E-state index in [1.165, 1.54) is 38.5 Å². The molecule has 4 fully saturated rings. The number of likely N-dealkylation sites (tertiary alicyclic amines) is 1. The van der Waals surface area contributed by atoms with E-state index in [-0.39, 0.29) is 6.03 Å². The second-order valence-electron chi connectivity index (χ2n) is 8.28. The van der Waals surface area contributed by atoms with Crippen LogP contribution in [0.25, 0.3) is 0 Å². The molecule has 1 aliphatic carbocycles. The number of fused-ring (bicyclic) bond motifs is 1. The second kappa shape index (κ2) is 6.25. The standard InChI is InChI=1S/C18H32N4O/c1-18(8-10-19-11-9-18)21-12-6-14(7-13-21)22-16-5-3-2-4-15(16)20-17(22)23/h14-16,19H,2-13H2,1H3,(H,20,23)/t15-,16-/m0/s1. The molecule has 0 radical (unpaired) electrons. The first-order chi connectivity index (χ1) is 11.2. The number of hydrogen-bond acceptors (Lipinski definition) is 3. The molecule has 3 heterocycles. The first kappa shape index (κ1) is 15.7. The molecule has 1 saturated carbocycles. The van der Waals surface area contributed by atoms with Gasteiger partial charge in [0.1, 0.15) is 0 Å². The lowest BCUT2D eigenvalue weighted by Gasteiger charge is -2.49. The van der Waals surface area contributed by atoms with Crippen LogP contribution in [0.4, 0.5) is 4.79 Å². The van der Waals surface area contributed by atoms with E-state index in [0.717, 1.165) is 39.0 Å². The van der Waals surface area contributed by atoms with E-state index in [1.54, 1.807) is 0 Å². The largest absolute Gasteiger partial charge is 0.333 e. The number of urea groups is 1. The predicted molar refractivity (Wildman–Crippen MR) is 91.5 cm³/mol. The molecule has 3 aliphatic heterocycles. The van der Waals surface area contributed by atoms with Crippen LogP contribution < -0.4 is 10.6 Å². The van der Waals surface area contributed by atoms with Crippen LogP contribution in [0.2, 0.25) is 0 Å². The third-order valence-corrected chi connectivity index (χ3v) is 6.93. The Bertz CT molecular complexity index is 440. The number of carbonyl (C=O) groups excluding carboxylic acids is 1. The summed E-state index contributed by atoms with van der Waals surface area (Å²) in [5.41, 5.74) is 0.372. The monoisotopic (exact) mass is 320 g/mol. The van der Waals surface area contributed by atoms with Crippen LogP contribution >= 0.6 is 0 Å². The van der Waals surface area contributed by atoms with Crippen LogP contribution in [0.5, 0.6) is 0 Å². The molecule has 4 aliphatic rings. The number of nitrogens with zero attached hydrogens (tertiary/aromatic N) is 2. The fraction of sp³-hybridized carbons (Fsp3) is 0.944. The summed E-state index contributed by atoms with van der Waals surface area (Å²) >= 11 is 0. The fourth-order valence-electron chi connectivity index (χ4n) is 5.40. The van der Waals surface area contributed by atoms with E-state index in [1.807, 2.05) is 0 Å². The molecule has 0 aromatic rings. The van der Waals surface area contributed by atoms with Gasteiger partial charge in [0.2, 0.25) is 0 Å². The first-order valence-electron chi connectivity index (χ1n) is 9.72. The van der Waals surface area contributed by atoms with Crippen LogP contribution in [-0.4, -0.2) is 65.7 Å². The van der Waals surface area contributed by atoms with Gasteiger partial charge in [-0.25, -0.2) is 4.79 Å². The molecule has 3 saturated heterocycles. The zero-order valence-corrected chi connectivity index (χ0v) is 14.5. The third kappa shape index (κ3) is 2.86. The van der Waals surface area contributed by atoms with Crippen LogP contribution in [0.3, 0.4) is 0 Å². The third-order valence-electron chi connectivity index (χ3n) is 6.93. The lowest BCUT2D eigenvalue weighted by Crippen LogP contribution is -2.58. The number of nitrogens with one attached hydrogen (secondary N) is 2. The molecule has 0 aromatic heterocycles. The maximum absolute atomic E-state index is 12.5. The van der Waals surface area contributed by atoms with Crippen molar-refractivity contribution in [3.05, 3.63) is 0 Å². The van der Waals surface area contributed by atoms with Crippen molar-refractivity contribution in [3.8, 4) is 0 Å². The van der Waals surface area contributed by atoms with Gasteiger partial charge in [-0.2, -0.15) is 0 Å². The van der Waals surface area contributed by atoms with Crippen molar-refractivity contribution < 1.29 is 4.79 Å². The zero-order valence-electron chi connectivity index (χ0n) is 14.5. The van der Waals surface area contributed by atoms with Gasteiger partial charge in [0.15, 0.2) is 0 Å². The van der Waals surface area contributed by atoms with Crippen molar-refractivity contribution in [3.63, 3.8) is 0 Å². The van der Waals surface area contributed by atoms with Gasteiger partial charge in [0.05, 0.1) is 12.1 Å².